The van der Waals surface area contributed by atoms with E-state index in [-0.39, 0.29) is 5.66 Å². The molecule has 0 bridgehead atoms. The minimum atomic E-state index is -0.190. The van der Waals surface area contributed by atoms with Crippen LogP contribution in [0.2, 0.25) is 0 Å². The quantitative estimate of drug-likeness (QED) is 0.673. The number of aromatic amines is 1. The molecule has 4 rings (SSSR count). The van der Waals surface area contributed by atoms with Gasteiger partial charge in [-0.05, 0) is 18.6 Å². The van der Waals surface area contributed by atoms with Crippen molar-refractivity contribution in [2.24, 2.45) is 0 Å². The van der Waals surface area contributed by atoms with Gasteiger partial charge in [-0.2, -0.15) is 0 Å². The first-order valence-electron chi connectivity index (χ1n) is 7.45. The monoisotopic (exact) mass is 277 g/mol. The fourth-order valence-corrected chi connectivity index (χ4v) is 3.35. The zero-order valence-electron chi connectivity index (χ0n) is 12.1. The van der Waals surface area contributed by atoms with E-state index in [4.69, 9.17) is 0 Å². The summed E-state index contributed by atoms with van der Waals surface area (Å²) < 4.78 is 0. The van der Waals surface area contributed by atoms with Crippen molar-refractivity contribution in [2.75, 3.05) is 13.1 Å². The Morgan fingerprint density at radius 2 is 1.52 bits per heavy atom. The van der Waals surface area contributed by atoms with Gasteiger partial charge in [-0.1, -0.05) is 48.5 Å². The molecule has 3 aromatic rings. The average molecular weight is 277 g/mol. The number of H-pyrrole nitrogens is 1. The summed E-state index contributed by atoms with van der Waals surface area (Å²) in [6.07, 6.45) is 0. The largest absolute Gasteiger partial charge is 0.354 e. The van der Waals surface area contributed by atoms with Crippen LogP contribution in [0.25, 0.3) is 22.2 Å². The number of fused-ring (bicyclic) bond motifs is 1. The van der Waals surface area contributed by atoms with Gasteiger partial charge in [-0.15, -0.1) is 0 Å². The molecule has 1 aliphatic rings. The number of hydrogen-bond acceptors (Lipinski definition) is 2. The Kier molecular flexibility index (Phi) is 2.84. The van der Waals surface area contributed by atoms with E-state index in [1.165, 1.54) is 27.7 Å². The number of nitrogens with one attached hydrogen (secondary N) is 3. The molecule has 2 aromatic carbocycles. The molecule has 3 heteroatoms. The fraction of sp³-hybridized carbons (Fsp3) is 0.222. The molecular formula is C18H19N3. The second-order valence-electron chi connectivity index (χ2n) is 5.77. The second-order valence-corrected chi connectivity index (χ2v) is 5.77. The molecule has 3 N–H and O–H groups in total. The van der Waals surface area contributed by atoms with E-state index >= 15 is 0 Å². The molecule has 106 valence electrons. The molecule has 1 aliphatic heterocycles. The molecule has 0 aliphatic carbocycles. The maximum Gasteiger partial charge on any atom is 0.0948 e. The second kappa shape index (κ2) is 4.72. The Morgan fingerprint density at radius 3 is 2.29 bits per heavy atom. The van der Waals surface area contributed by atoms with E-state index in [0.29, 0.717) is 0 Å². The minimum absolute atomic E-state index is 0.190. The lowest BCUT2D eigenvalue weighted by Crippen LogP contribution is -2.43. The molecule has 0 spiro atoms. The van der Waals surface area contributed by atoms with Crippen molar-refractivity contribution in [2.45, 2.75) is 12.6 Å². The van der Waals surface area contributed by atoms with Crippen molar-refractivity contribution in [3.05, 3.63) is 60.2 Å². The van der Waals surface area contributed by atoms with E-state index in [0.717, 1.165) is 13.1 Å². The van der Waals surface area contributed by atoms with Crippen molar-refractivity contribution in [3.8, 4) is 11.3 Å². The van der Waals surface area contributed by atoms with Gasteiger partial charge in [-0.3, -0.25) is 10.6 Å². The number of para-hydroxylation sites is 1. The third-order valence-electron chi connectivity index (χ3n) is 4.35. The number of benzene rings is 2. The predicted molar refractivity (Wildman–Crippen MR) is 87.1 cm³/mol. The number of aromatic nitrogens is 1. The summed E-state index contributed by atoms with van der Waals surface area (Å²) in [5.74, 6) is 0. The summed E-state index contributed by atoms with van der Waals surface area (Å²) in [7, 11) is 0. The maximum atomic E-state index is 3.61. The van der Waals surface area contributed by atoms with Gasteiger partial charge in [0.1, 0.15) is 0 Å². The summed E-state index contributed by atoms with van der Waals surface area (Å²) in [6, 6.07) is 19.1. The highest BCUT2D eigenvalue weighted by atomic mass is 15.2. The lowest BCUT2D eigenvalue weighted by molar-refractivity contribution is 0.390. The maximum absolute atomic E-state index is 3.61. The van der Waals surface area contributed by atoms with Gasteiger partial charge < -0.3 is 4.98 Å². The van der Waals surface area contributed by atoms with Gasteiger partial charge in [0, 0.05) is 29.6 Å². The Morgan fingerprint density at radius 1 is 0.857 bits per heavy atom. The van der Waals surface area contributed by atoms with Crippen LogP contribution < -0.4 is 10.6 Å². The lowest BCUT2D eigenvalue weighted by atomic mass is 9.95. The van der Waals surface area contributed by atoms with Gasteiger partial charge >= 0.3 is 0 Å². The molecule has 21 heavy (non-hydrogen) atoms. The van der Waals surface area contributed by atoms with Gasteiger partial charge in [0.25, 0.3) is 0 Å². The smallest absolute Gasteiger partial charge is 0.0948 e. The molecule has 1 aromatic heterocycles. The Bertz CT molecular complexity index is 768. The molecule has 1 fully saturated rings. The zero-order valence-corrected chi connectivity index (χ0v) is 12.1. The van der Waals surface area contributed by atoms with Crippen LogP contribution in [0.1, 0.15) is 12.5 Å². The normalized spacial score (nSPS) is 17.4. The summed E-state index contributed by atoms with van der Waals surface area (Å²) in [4.78, 5) is 3.60. The van der Waals surface area contributed by atoms with E-state index in [1.54, 1.807) is 0 Å². The summed E-state index contributed by atoms with van der Waals surface area (Å²) in [5, 5.41) is 8.49. The van der Waals surface area contributed by atoms with Crippen molar-refractivity contribution in [1.29, 1.82) is 0 Å². The van der Waals surface area contributed by atoms with E-state index in [9.17, 15) is 0 Å². The zero-order chi connectivity index (χ0) is 14.3. The van der Waals surface area contributed by atoms with Gasteiger partial charge in [0.05, 0.1) is 11.4 Å². The summed E-state index contributed by atoms with van der Waals surface area (Å²) >= 11 is 0. The SMILES string of the molecule is CC1(c2c(-c3ccccc3)[nH]c3ccccc23)NCCN1. The van der Waals surface area contributed by atoms with Crippen molar-refractivity contribution < 1.29 is 0 Å². The van der Waals surface area contributed by atoms with E-state index in [2.05, 4.69) is 77.1 Å². The highest BCUT2D eigenvalue weighted by Crippen LogP contribution is 2.37. The molecule has 0 saturated carbocycles. The molecule has 3 nitrogen and oxygen atoms in total. The highest BCUT2D eigenvalue weighted by Gasteiger charge is 2.34. The molecular weight excluding hydrogens is 258 g/mol. The molecule has 0 radical (unpaired) electrons. The fourth-order valence-electron chi connectivity index (χ4n) is 3.35. The molecule has 0 unspecified atom stereocenters. The van der Waals surface area contributed by atoms with Crippen molar-refractivity contribution in [1.82, 2.24) is 15.6 Å². The first-order valence-corrected chi connectivity index (χ1v) is 7.45. The van der Waals surface area contributed by atoms with Crippen LogP contribution in [0.4, 0.5) is 0 Å². The van der Waals surface area contributed by atoms with E-state index < -0.39 is 0 Å². The van der Waals surface area contributed by atoms with E-state index in [1.807, 2.05) is 0 Å². The van der Waals surface area contributed by atoms with Crippen LogP contribution in [0.15, 0.2) is 54.6 Å². The van der Waals surface area contributed by atoms with Crippen LogP contribution in [0.3, 0.4) is 0 Å². The van der Waals surface area contributed by atoms with Crippen LogP contribution in [0.5, 0.6) is 0 Å². The van der Waals surface area contributed by atoms with Gasteiger partial charge in [-0.25, -0.2) is 0 Å². The van der Waals surface area contributed by atoms with Crippen molar-refractivity contribution >= 4 is 10.9 Å². The Hall–Kier alpha value is -2.10. The third-order valence-corrected chi connectivity index (χ3v) is 4.35. The minimum Gasteiger partial charge on any atom is -0.354 e. The van der Waals surface area contributed by atoms with Gasteiger partial charge in [0.2, 0.25) is 0 Å². The average Bonchev–Trinajstić information content (AvgIpc) is 3.12. The molecule has 0 amide bonds. The summed E-state index contributed by atoms with van der Waals surface area (Å²) in [6.45, 7) is 4.20. The first kappa shape index (κ1) is 12.6. The Labute approximate surface area is 124 Å². The predicted octanol–water partition coefficient (Wildman–Crippen LogP) is 3.20. The van der Waals surface area contributed by atoms with Crippen LogP contribution in [-0.4, -0.2) is 18.1 Å². The third kappa shape index (κ3) is 1.97. The molecule has 0 atom stereocenters. The highest BCUT2D eigenvalue weighted by molar-refractivity contribution is 5.92. The lowest BCUT2D eigenvalue weighted by Gasteiger charge is -2.26. The topological polar surface area (TPSA) is 39.9 Å². The first-order chi connectivity index (χ1) is 10.3. The van der Waals surface area contributed by atoms with Crippen LogP contribution >= 0.6 is 0 Å². The van der Waals surface area contributed by atoms with Crippen molar-refractivity contribution in [3.63, 3.8) is 0 Å². The number of rotatable bonds is 2. The van der Waals surface area contributed by atoms with Gasteiger partial charge in [0.15, 0.2) is 0 Å². The molecule has 2 heterocycles. The van der Waals surface area contributed by atoms with Crippen LogP contribution in [0, 0.1) is 0 Å². The van der Waals surface area contributed by atoms with Crippen LogP contribution in [-0.2, 0) is 5.66 Å². The molecule has 1 saturated heterocycles. The summed E-state index contributed by atoms with van der Waals surface area (Å²) in [5.41, 5.74) is 4.72. The standard InChI is InChI=1S/C18H19N3/c1-18(19-11-12-20-18)16-14-9-5-6-10-15(14)21-17(16)13-7-3-2-4-8-13/h2-10,19-21H,11-12H2,1H3. The number of hydrogen-bond donors (Lipinski definition) is 3. The Balaban J connectivity index is 2.02.